The fourth-order valence-corrected chi connectivity index (χ4v) is 6.91. The van der Waals surface area contributed by atoms with Gasteiger partial charge in [-0.15, -0.1) is 0 Å². The smallest absolute Gasteiger partial charge is 0.0116 e. The van der Waals surface area contributed by atoms with E-state index in [9.17, 15) is 0 Å². The predicted octanol–water partition coefficient (Wildman–Crippen LogP) is 11.9. The van der Waals surface area contributed by atoms with Gasteiger partial charge in [-0.2, -0.15) is 0 Å². The van der Waals surface area contributed by atoms with Crippen LogP contribution in [0.3, 0.4) is 0 Å². The molecule has 0 aromatic carbocycles. The van der Waals surface area contributed by atoms with Crippen LogP contribution in [0.1, 0.15) is 161 Å². The predicted molar refractivity (Wildman–Crippen MR) is 151 cm³/mol. The van der Waals surface area contributed by atoms with Crippen molar-refractivity contribution in [3.8, 4) is 0 Å². The Balaban J connectivity index is 0. The van der Waals surface area contributed by atoms with Gasteiger partial charge in [0, 0.05) is 0 Å². The average molecular weight is 451 g/mol. The third kappa shape index (κ3) is 9.54. The highest BCUT2D eigenvalue weighted by Crippen LogP contribution is 2.53. The molecule has 0 heteroatoms. The number of fused-ring (bicyclic) bond motifs is 2. The topological polar surface area (TPSA) is 0 Å². The van der Waals surface area contributed by atoms with Crippen LogP contribution in [0.15, 0.2) is 11.1 Å². The second kappa shape index (κ2) is 17.2. The Hall–Kier alpha value is -0.260. The zero-order valence-corrected chi connectivity index (χ0v) is 22.6. The van der Waals surface area contributed by atoms with E-state index in [-0.39, 0.29) is 14.9 Å². The molecule has 3 rings (SSSR count). The van der Waals surface area contributed by atoms with E-state index in [4.69, 9.17) is 0 Å². The van der Waals surface area contributed by atoms with E-state index in [2.05, 4.69) is 62.3 Å². The van der Waals surface area contributed by atoms with E-state index in [0.717, 1.165) is 29.6 Å². The van der Waals surface area contributed by atoms with E-state index in [0.29, 0.717) is 5.41 Å². The molecule has 3 aliphatic carbocycles. The van der Waals surface area contributed by atoms with Gasteiger partial charge >= 0.3 is 0 Å². The summed E-state index contributed by atoms with van der Waals surface area (Å²) in [5.41, 5.74) is 3.96. The van der Waals surface area contributed by atoms with E-state index < -0.39 is 0 Å². The van der Waals surface area contributed by atoms with Crippen LogP contribution in [0.2, 0.25) is 0 Å². The molecule has 0 saturated heterocycles. The molecule has 0 N–H and O–H groups in total. The summed E-state index contributed by atoms with van der Waals surface area (Å²) in [6.45, 7) is 21.0. The van der Waals surface area contributed by atoms with Gasteiger partial charge in [0.15, 0.2) is 0 Å². The lowest BCUT2D eigenvalue weighted by molar-refractivity contribution is 0.224. The van der Waals surface area contributed by atoms with Gasteiger partial charge in [0.2, 0.25) is 0 Å². The summed E-state index contributed by atoms with van der Waals surface area (Å²) in [4.78, 5) is 0. The first-order chi connectivity index (χ1) is 14.3. The number of allylic oxidation sites excluding steroid dienone is 2. The molecule has 3 aliphatic rings. The van der Waals surface area contributed by atoms with E-state index in [1.165, 1.54) is 64.2 Å². The molecule has 32 heavy (non-hydrogen) atoms. The summed E-state index contributed by atoms with van der Waals surface area (Å²) in [7, 11) is 0. The Labute approximate surface area is 206 Å². The van der Waals surface area contributed by atoms with Gasteiger partial charge in [0.1, 0.15) is 0 Å². The molecule has 0 nitrogen and oxygen atoms in total. The van der Waals surface area contributed by atoms with Crippen LogP contribution in [0.25, 0.3) is 0 Å². The zero-order valence-electron chi connectivity index (χ0n) is 22.6. The summed E-state index contributed by atoms with van der Waals surface area (Å²) in [6.07, 6.45) is 18.4. The molecule has 2 fully saturated rings. The molecule has 6 unspecified atom stereocenters. The number of hydrogen-bond donors (Lipinski definition) is 0. The summed E-state index contributed by atoms with van der Waals surface area (Å²) in [5, 5.41) is 0. The van der Waals surface area contributed by atoms with Crippen molar-refractivity contribution in [1.82, 2.24) is 0 Å². The maximum absolute atomic E-state index is 2.49. The minimum Gasteiger partial charge on any atom is -0.0776 e. The van der Waals surface area contributed by atoms with Crippen molar-refractivity contribution < 1.29 is 0 Å². The Bertz CT molecular complexity index is 484. The van der Waals surface area contributed by atoms with Crippen molar-refractivity contribution in [1.29, 1.82) is 0 Å². The minimum atomic E-state index is 0. The quantitative estimate of drug-likeness (QED) is 0.338. The van der Waals surface area contributed by atoms with Crippen LogP contribution in [0.4, 0.5) is 0 Å². The van der Waals surface area contributed by atoms with Crippen molar-refractivity contribution in [3.05, 3.63) is 11.1 Å². The molecular formula is C32H66. The molecule has 0 radical (unpaired) electrons. The van der Waals surface area contributed by atoms with Crippen LogP contribution in [0.5, 0.6) is 0 Å². The molecule has 0 heterocycles. The van der Waals surface area contributed by atoms with E-state index in [1.54, 1.807) is 30.4 Å². The van der Waals surface area contributed by atoms with Crippen molar-refractivity contribution in [3.63, 3.8) is 0 Å². The second-order valence-electron chi connectivity index (χ2n) is 11.3. The fourth-order valence-electron chi connectivity index (χ4n) is 6.91. The molecule has 0 aromatic heterocycles. The molecule has 6 atom stereocenters. The van der Waals surface area contributed by atoms with Gasteiger partial charge in [-0.3, -0.25) is 0 Å². The zero-order chi connectivity index (χ0) is 22.7. The molecular weight excluding hydrogens is 384 g/mol. The number of rotatable bonds is 7. The highest BCUT2D eigenvalue weighted by atomic mass is 14.5. The average Bonchev–Trinajstić information content (AvgIpc) is 3.32. The van der Waals surface area contributed by atoms with E-state index >= 15 is 0 Å². The first kappa shape index (κ1) is 33.9. The standard InChI is InChI=1S/C12H22.C11H20.C7H16.2CH4/c1-5-11-10(3)8-7-9-12(11,4)6-2;1-3-4-11-8(2)9-5-6-10(11)7-9;1-4-6-7(3)5-2;;/h5-9H2,1-4H3;8-11H,3-7H2,1-2H3;7H,4-6H2,1-3H3;2*1H4. The van der Waals surface area contributed by atoms with Gasteiger partial charge in [-0.1, -0.05) is 113 Å². The van der Waals surface area contributed by atoms with Crippen molar-refractivity contribution in [2.75, 3.05) is 0 Å². The first-order valence-electron chi connectivity index (χ1n) is 14.0. The van der Waals surface area contributed by atoms with Gasteiger partial charge in [-0.05, 0) is 93.3 Å². The second-order valence-corrected chi connectivity index (χ2v) is 11.3. The molecule has 0 aromatic rings. The van der Waals surface area contributed by atoms with Gasteiger partial charge in [0.25, 0.3) is 0 Å². The van der Waals surface area contributed by atoms with Crippen molar-refractivity contribution in [2.45, 2.75) is 161 Å². The molecule has 2 bridgehead atoms. The van der Waals surface area contributed by atoms with Crippen LogP contribution in [-0.4, -0.2) is 0 Å². The van der Waals surface area contributed by atoms with Gasteiger partial charge < -0.3 is 0 Å². The third-order valence-electron chi connectivity index (χ3n) is 9.30. The van der Waals surface area contributed by atoms with Crippen LogP contribution in [-0.2, 0) is 0 Å². The fraction of sp³-hybridized carbons (Fsp3) is 0.938. The van der Waals surface area contributed by atoms with Crippen molar-refractivity contribution in [2.24, 2.45) is 35.0 Å². The normalized spacial score (nSPS) is 31.4. The largest absolute Gasteiger partial charge is 0.0776 e. The third-order valence-corrected chi connectivity index (χ3v) is 9.30. The Morgan fingerprint density at radius 2 is 1.59 bits per heavy atom. The first-order valence-corrected chi connectivity index (χ1v) is 14.0. The molecule has 194 valence electrons. The van der Waals surface area contributed by atoms with Crippen molar-refractivity contribution >= 4 is 0 Å². The Morgan fingerprint density at radius 1 is 0.969 bits per heavy atom. The van der Waals surface area contributed by atoms with Gasteiger partial charge in [-0.25, -0.2) is 0 Å². The molecule has 0 spiro atoms. The van der Waals surface area contributed by atoms with E-state index in [1.807, 2.05) is 0 Å². The molecule has 2 saturated carbocycles. The summed E-state index contributed by atoms with van der Waals surface area (Å²) in [6, 6.07) is 0. The molecule has 0 amide bonds. The monoisotopic (exact) mass is 451 g/mol. The lowest BCUT2D eigenvalue weighted by Crippen LogP contribution is -2.22. The summed E-state index contributed by atoms with van der Waals surface area (Å²) in [5.74, 6) is 5.38. The Morgan fingerprint density at radius 3 is 1.97 bits per heavy atom. The Kier molecular flexibility index (Phi) is 18.2. The van der Waals surface area contributed by atoms with Crippen LogP contribution >= 0.6 is 0 Å². The number of hydrogen-bond acceptors (Lipinski definition) is 0. The lowest BCUT2D eigenvalue weighted by Gasteiger charge is -2.36. The lowest BCUT2D eigenvalue weighted by atomic mass is 9.69. The SMILES string of the molecule is C.C.CCC1=C(C)CCCC1(C)CC.CCCC(C)CC.CCCC1C2CCC(C2)C1C. The summed E-state index contributed by atoms with van der Waals surface area (Å²) < 4.78 is 0. The highest BCUT2D eigenvalue weighted by molar-refractivity contribution is 5.22. The minimum absolute atomic E-state index is 0. The maximum atomic E-state index is 2.49. The maximum Gasteiger partial charge on any atom is -0.0116 e. The highest BCUT2D eigenvalue weighted by Gasteiger charge is 2.44. The molecule has 0 aliphatic heterocycles. The summed E-state index contributed by atoms with van der Waals surface area (Å²) >= 11 is 0. The van der Waals surface area contributed by atoms with Crippen LogP contribution < -0.4 is 0 Å². The van der Waals surface area contributed by atoms with Gasteiger partial charge in [0.05, 0.1) is 0 Å². The van der Waals surface area contributed by atoms with Crippen LogP contribution in [0, 0.1) is 35.0 Å².